The molecule has 0 radical (unpaired) electrons. The molecule has 40 nitrogen and oxygen atoms in total. The molecule has 0 unspecified atom stereocenters. The van der Waals surface area contributed by atoms with E-state index in [1.54, 1.807) is 82.9 Å². The number of nitrogens with zero attached hydrogens (tertiary/aromatic N) is 34. The van der Waals surface area contributed by atoms with Gasteiger partial charge >= 0.3 is 0 Å². The van der Waals surface area contributed by atoms with E-state index in [4.69, 9.17) is 0 Å². The van der Waals surface area contributed by atoms with Crippen LogP contribution in [-0.2, 0) is 45.1 Å². The van der Waals surface area contributed by atoms with E-state index in [1.807, 2.05) is 203 Å². The number of aromatic nitrogens is 33. The summed E-state index contributed by atoms with van der Waals surface area (Å²) in [6, 6.07) is 18.7. The lowest BCUT2D eigenvalue weighted by molar-refractivity contribution is 0.0985. The first-order valence-corrected chi connectivity index (χ1v) is 50.4. The zero-order valence-electron chi connectivity index (χ0n) is 79.3. The van der Waals surface area contributed by atoms with Gasteiger partial charge in [-0.3, -0.25) is 43.4 Å². The number of carbonyl (C=O) groups is 6. The number of thiazole rings is 6. The van der Waals surface area contributed by atoms with Gasteiger partial charge in [0, 0.05) is 191 Å². The molecule has 0 N–H and O–H groups in total. The third-order valence-corrected chi connectivity index (χ3v) is 28.4. The van der Waals surface area contributed by atoms with Crippen LogP contribution in [0, 0.1) is 48.5 Å². The second-order valence-electron chi connectivity index (χ2n) is 33.2. The third-order valence-electron chi connectivity index (χ3n) is 22.6. The monoisotopic (exact) mass is 2060 g/mol. The Bertz CT molecular complexity index is 8440. The van der Waals surface area contributed by atoms with Gasteiger partial charge in [0.1, 0.15) is 74.3 Å². The first-order chi connectivity index (χ1) is 71.0. The van der Waals surface area contributed by atoms with Crippen molar-refractivity contribution >= 4 is 148 Å². The smallest absolute Gasteiger partial charge is 0.173 e. The van der Waals surface area contributed by atoms with Crippen LogP contribution in [-0.4, -0.2) is 210 Å². The summed E-state index contributed by atoms with van der Waals surface area (Å²) >= 11 is 8.97. The van der Waals surface area contributed by atoms with Gasteiger partial charge < -0.3 is 0 Å². The standard InChI is InChI=1S/C17H14N6OS.C17H16N6OS.C17H15N5OS.C17H13N5OS.2C16H12N6OS.CH4/c1-10-5-19-20-6-14(10)12-3-13(17-18-9-21-23(17)7-12)15(24)4-16-22-11(2)8-25-16;1-3-22-14(4-5-19-22)12-6-13(17-18-10-20-23(17)8-12)15(24)7-16-21-11(2)9-25-16;1-10-3-12(6-18-10)13-4-14(17-19-9-20-22(17)7-13)15(23)5-16-21-11(2)8-24-16;1-11-9-24-16(21-11)7-15(23)14-6-13(12-2-4-18-5-3-12)8-22-17(14)19-10-20-22;1-10-7-24-15(21-10)3-14(23)13-2-11(12-4-17-8-18-5-12)6-22-16(13)19-9-20-22;1-10-8-24-15(21-10)5-14(23)13-4-12(11-2-3-18-19-6-11)7-22-16(13)17-9-20-22;/h3,5-9H,4H2,1-2H3;4-6,8-10H,3,7H2,1-2H3;3-4,7-9H,5-6H2,1-2H3;2-6,8-10H,7H2,1H3;2,4-9H,3H2,1H3;2-4,6-9H,5H2,1H3;1H4. The molecule has 1 aliphatic rings. The normalized spacial score (nSPS) is 11.5. The fourth-order valence-electron chi connectivity index (χ4n) is 15.7. The Morgan fingerprint density at radius 3 is 0.966 bits per heavy atom. The number of ketones is 6. The maximum atomic E-state index is 12.9. The second-order valence-corrected chi connectivity index (χ2v) is 38.8. The number of carbonyl (C=O) groups excluding carboxylic acids is 6. The molecule has 24 rings (SSSR count). The average molecular weight is 2060 g/mol. The summed E-state index contributed by atoms with van der Waals surface area (Å²) in [6.45, 7) is 18.9. The Balaban J connectivity index is 0.000000115. The van der Waals surface area contributed by atoms with Crippen molar-refractivity contribution in [1.29, 1.82) is 0 Å². The van der Waals surface area contributed by atoms with E-state index in [0.717, 1.165) is 149 Å². The van der Waals surface area contributed by atoms with Gasteiger partial charge in [-0.15, -0.1) is 68.0 Å². The SMILES string of the molecule is C.CC1=NCC(c2cc(C(=O)Cc3nc(C)cs3)c3ncnn3c2)=C1.CCn1nccc1-c1cc(C(=O)Cc2nc(C)cs2)c2ncnn2c1.Cc1csc(CC(=O)c2cc(-c3ccncc3)cn3ncnc23)n1.Cc1csc(CC(=O)c2cc(-c3ccnnc3)cn3ncnc23)n1.Cc1csc(CC(=O)c2cc(-c3cncnc3)cn3ncnc23)n1.Cc1csc(CC(=O)c2cc(-c3cnncc3C)cn3ncnc23)n1. The molecular weight excluding hydrogens is 1980 g/mol. The van der Waals surface area contributed by atoms with Crippen LogP contribution in [0.5, 0.6) is 0 Å². The average Bonchev–Trinajstić information content (AvgIpc) is 1.57. The number of aryl methyl sites for hydroxylation is 8. The highest BCUT2D eigenvalue weighted by atomic mass is 32.1. The van der Waals surface area contributed by atoms with Crippen molar-refractivity contribution in [2.75, 3.05) is 6.54 Å². The number of aliphatic imine (C=N–C) groups is 1. The Morgan fingerprint density at radius 1 is 0.306 bits per heavy atom. The highest BCUT2D eigenvalue weighted by Gasteiger charge is 2.26. The molecule has 23 aromatic heterocycles. The molecule has 0 fully saturated rings. The van der Waals surface area contributed by atoms with Crippen molar-refractivity contribution in [2.24, 2.45) is 4.99 Å². The van der Waals surface area contributed by atoms with Gasteiger partial charge in [0.25, 0.3) is 0 Å². The molecule has 1 aliphatic heterocycles. The van der Waals surface area contributed by atoms with Crippen molar-refractivity contribution in [2.45, 2.75) is 115 Å². The van der Waals surface area contributed by atoms with Crippen molar-refractivity contribution < 1.29 is 28.8 Å². The summed E-state index contributed by atoms with van der Waals surface area (Å²) in [7, 11) is 0. The molecule has 0 aliphatic carbocycles. The molecule has 0 aromatic carbocycles. The van der Waals surface area contributed by atoms with Crippen LogP contribution in [0.1, 0.15) is 159 Å². The minimum absolute atomic E-state index is 0. The van der Waals surface area contributed by atoms with Crippen LogP contribution in [0.25, 0.3) is 95.2 Å². The molecule has 0 atom stereocenters. The number of Topliss-reactive ketones (excluding diaryl/α,β-unsaturated/α-hetero) is 6. The predicted octanol–water partition coefficient (Wildman–Crippen LogP) is 16.6. The maximum absolute atomic E-state index is 12.9. The molecule has 23 aromatic rings. The summed E-state index contributed by atoms with van der Waals surface area (Å²) in [5.41, 5.74) is 24.9. The van der Waals surface area contributed by atoms with Crippen LogP contribution in [0.15, 0.2) is 241 Å². The summed E-state index contributed by atoms with van der Waals surface area (Å²) in [4.78, 5) is 145. The molecule has 0 saturated heterocycles. The summed E-state index contributed by atoms with van der Waals surface area (Å²) in [5.74, 6) is -0.142. The second kappa shape index (κ2) is 45.0. The lowest BCUT2D eigenvalue weighted by Crippen LogP contribution is -2.08. The van der Waals surface area contributed by atoms with Gasteiger partial charge in [-0.05, 0) is 151 Å². The fraction of sp³-hybridized carbons (Fsp3) is 0.178. The highest BCUT2D eigenvalue weighted by molar-refractivity contribution is 7.11. The first kappa shape index (κ1) is 99.7. The van der Waals surface area contributed by atoms with E-state index in [0.29, 0.717) is 73.8 Å². The minimum atomic E-state index is -0.0407. The van der Waals surface area contributed by atoms with Crippen molar-refractivity contribution in [3.8, 4) is 55.8 Å². The van der Waals surface area contributed by atoms with Gasteiger partial charge in [0.05, 0.1) is 109 Å². The molecule has 0 saturated carbocycles. The zero-order chi connectivity index (χ0) is 101. The predicted molar refractivity (Wildman–Crippen MR) is 558 cm³/mol. The lowest BCUT2D eigenvalue weighted by atomic mass is 10.0. The van der Waals surface area contributed by atoms with Gasteiger partial charge in [0.2, 0.25) is 0 Å². The highest BCUT2D eigenvalue weighted by Crippen LogP contribution is 2.33. The Kier molecular flexibility index (Phi) is 30.5. The van der Waals surface area contributed by atoms with Crippen molar-refractivity contribution in [3.05, 3.63) is 345 Å². The summed E-state index contributed by atoms with van der Waals surface area (Å²) in [6.07, 6.45) is 40.1. The van der Waals surface area contributed by atoms with E-state index in [9.17, 15) is 28.8 Å². The van der Waals surface area contributed by atoms with Crippen molar-refractivity contribution in [1.82, 2.24) is 163 Å². The van der Waals surface area contributed by atoms with E-state index >= 15 is 0 Å². The van der Waals surface area contributed by atoms with E-state index < -0.39 is 0 Å². The third kappa shape index (κ3) is 23.4. The van der Waals surface area contributed by atoms with E-state index in [1.165, 1.54) is 112 Å². The summed E-state index contributed by atoms with van der Waals surface area (Å²) < 4.78 is 11.6. The molecule has 0 spiro atoms. The Morgan fingerprint density at radius 2 is 0.626 bits per heavy atom. The van der Waals surface area contributed by atoms with Crippen molar-refractivity contribution in [3.63, 3.8) is 0 Å². The Labute approximate surface area is 860 Å². The molecule has 732 valence electrons. The van der Waals surface area contributed by atoms with Gasteiger partial charge in [-0.2, -0.15) is 56.1 Å². The van der Waals surface area contributed by atoms with Crippen LogP contribution >= 0.6 is 68.0 Å². The van der Waals surface area contributed by atoms with Gasteiger partial charge in [-0.1, -0.05) is 7.43 Å². The number of hydrogen-bond acceptors (Lipinski definition) is 39. The quantitative estimate of drug-likeness (QED) is 0.0480. The van der Waals surface area contributed by atoms with Crippen LogP contribution in [0.4, 0.5) is 0 Å². The molecule has 0 amide bonds. The number of allylic oxidation sites excluding steroid dienone is 1. The van der Waals surface area contributed by atoms with Gasteiger partial charge in [0.15, 0.2) is 68.6 Å². The number of rotatable bonds is 25. The first-order valence-electron chi connectivity index (χ1n) is 45.1. The largest absolute Gasteiger partial charge is 0.294 e. The molecule has 0 bridgehead atoms. The molecule has 147 heavy (non-hydrogen) atoms. The van der Waals surface area contributed by atoms with Crippen LogP contribution in [0.3, 0.4) is 0 Å². The number of pyridine rings is 7. The molecule has 46 heteroatoms. The fourth-order valence-corrected chi connectivity index (χ4v) is 20.3. The van der Waals surface area contributed by atoms with E-state index in [-0.39, 0.29) is 80.7 Å². The van der Waals surface area contributed by atoms with Crippen LogP contribution in [0.2, 0.25) is 0 Å². The number of hydrogen-bond donors (Lipinski definition) is 0. The number of fused-ring (bicyclic) bond motifs is 6. The van der Waals surface area contributed by atoms with E-state index in [2.05, 4.69) is 136 Å². The van der Waals surface area contributed by atoms with Crippen LogP contribution < -0.4 is 0 Å². The lowest BCUT2D eigenvalue weighted by Gasteiger charge is -2.08. The zero-order valence-corrected chi connectivity index (χ0v) is 84.2. The Hall–Kier alpha value is -17.5. The van der Waals surface area contributed by atoms with Gasteiger partial charge in [-0.25, -0.2) is 96.9 Å². The minimum Gasteiger partial charge on any atom is -0.294 e. The summed E-state index contributed by atoms with van der Waals surface area (Å²) in [5, 5.41) is 61.4. The molecule has 24 heterocycles. The molecular formula is C101H86N34O6S6. The maximum Gasteiger partial charge on any atom is 0.173 e. The topological polar surface area (TPSA) is 481 Å².